The molecule has 1 rings (SSSR count). The average molecular weight is 232 g/mol. The van der Waals surface area contributed by atoms with E-state index in [1.165, 1.54) is 24.3 Å². The van der Waals surface area contributed by atoms with E-state index in [1.807, 2.05) is 0 Å². The molecule has 0 aliphatic heterocycles. The highest BCUT2D eigenvalue weighted by Gasteiger charge is 2.18. The number of carbonyl (C=O) groups is 1. The van der Waals surface area contributed by atoms with Crippen LogP contribution in [-0.2, 0) is 4.79 Å². The number of aliphatic hydroxyl groups excluding tert-OH is 1. The minimum atomic E-state index is -3.02. The second-order valence-electron chi connectivity index (χ2n) is 3.03. The number of carboxylic acid groups (broad SMARTS) is 1. The summed E-state index contributed by atoms with van der Waals surface area (Å²) in [6, 6.07) is 5.53. The summed E-state index contributed by atoms with van der Waals surface area (Å²) in [6.07, 6.45) is -1.93. The van der Waals surface area contributed by atoms with Gasteiger partial charge in [0.2, 0.25) is 0 Å². The van der Waals surface area contributed by atoms with E-state index in [-0.39, 0.29) is 11.3 Å². The van der Waals surface area contributed by atoms with Gasteiger partial charge in [-0.15, -0.1) is 0 Å². The lowest BCUT2D eigenvalue weighted by atomic mass is 10.1. The molecule has 1 unspecified atom stereocenters. The van der Waals surface area contributed by atoms with E-state index in [1.54, 1.807) is 0 Å². The molecule has 0 saturated heterocycles. The first-order valence-electron chi connectivity index (χ1n) is 4.44. The number of ether oxygens (including phenoxy) is 1. The third-order valence-electron chi connectivity index (χ3n) is 1.86. The van der Waals surface area contributed by atoms with Crippen molar-refractivity contribution in [2.45, 2.75) is 19.1 Å². The van der Waals surface area contributed by atoms with Crippen LogP contribution in [0, 0.1) is 0 Å². The topological polar surface area (TPSA) is 66.8 Å². The molecular weight excluding hydrogens is 222 g/mol. The van der Waals surface area contributed by atoms with Gasteiger partial charge in [-0.05, 0) is 6.07 Å². The number of hydrogen-bond donors (Lipinski definition) is 2. The van der Waals surface area contributed by atoms with Gasteiger partial charge in [-0.1, -0.05) is 18.2 Å². The highest BCUT2D eigenvalue weighted by atomic mass is 19.3. The normalized spacial score (nSPS) is 12.5. The van der Waals surface area contributed by atoms with Crippen molar-refractivity contribution in [3.8, 4) is 5.75 Å². The maximum atomic E-state index is 12.0. The van der Waals surface area contributed by atoms with Crippen LogP contribution in [0.2, 0.25) is 0 Å². The smallest absolute Gasteiger partial charge is 0.387 e. The lowest BCUT2D eigenvalue weighted by Gasteiger charge is -2.13. The Balaban J connectivity index is 2.89. The fourth-order valence-corrected chi connectivity index (χ4v) is 1.23. The number of alkyl halides is 2. The van der Waals surface area contributed by atoms with E-state index in [9.17, 15) is 18.7 Å². The zero-order chi connectivity index (χ0) is 12.1. The van der Waals surface area contributed by atoms with Crippen LogP contribution < -0.4 is 4.74 Å². The van der Waals surface area contributed by atoms with Crippen molar-refractivity contribution < 1.29 is 28.5 Å². The van der Waals surface area contributed by atoms with Gasteiger partial charge in [0.25, 0.3) is 0 Å². The number of carboxylic acids is 1. The zero-order valence-corrected chi connectivity index (χ0v) is 8.14. The molecule has 88 valence electrons. The van der Waals surface area contributed by atoms with Crippen LogP contribution >= 0.6 is 0 Å². The Labute approximate surface area is 90.1 Å². The van der Waals surface area contributed by atoms with E-state index in [4.69, 9.17) is 5.11 Å². The summed E-state index contributed by atoms with van der Waals surface area (Å²) < 4.78 is 28.2. The summed E-state index contributed by atoms with van der Waals surface area (Å²) in [5, 5.41) is 17.9. The van der Waals surface area contributed by atoms with E-state index in [2.05, 4.69) is 4.74 Å². The first-order valence-corrected chi connectivity index (χ1v) is 4.44. The van der Waals surface area contributed by atoms with Crippen molar-refractivity contribution in [1.82, 2.24) is 0 Å². The van der Waals surface area contributed by atoms with Gasteiger partial charge >= 0.3 is 12.6 Å². The van der Waals surface area contributed by atoms with Crippen LogP contribution in [-0.4, -0.2) is 22.8 Å². The standard InChI is InChI=1S/C10H10F2O4/c11-10(12)16-8-4-2-1-3-6(8)7(13)5-9(14)15/h1-4,7,10,13H,5H2,(H,14,15). The Morgan fingerprint density at radius 3 is 2.56 bits per heavy atom. The highest BCUT2D eigenvalue weighted by Crippen LogP contribution is 2.28. The molecule has 1 aromatic rings. The summed E-state index contributed by atoms with van der Waals surface area (Å²) in [6.45, 7) is -3.02. The molecule has 0 saturated carbocycles. The third-order valence-corrected chi connectivity index (χ3v) is 1.86. The van der Waals surface area contributed by atoms with Gasteiger partial charge in [0.1, 0.15) is 5.75 Å². The molecule has 0 aliphatic rings. The molecule has 0 amide bonds. The molecule has 0 fully saturated rings. The van der Waals surface area contributed by atoms with Crippen molar-refractivity contribution in [2.24, 2.45) is 0 Å². The fraction of sp³-hybridized carbons (Fsp3) is 0.300. The molecular formula is C10H10F2O4. The molecule has 1 atom stereocenters. The van der Waals surface area contributed by atoms with Crippen LogP contribution in [0.5, 0.6) is 5.75 Å². The maximum absolute atomic E-state index is 12.0. The van der Waals surface area contributed by atoms with Crippen LogP contribution in [0.15, 0.2) is 24.3 Å². The SMILES string of the molecule is O=C(O)CC(O)c1ccccc1OC(F)F. The number of aliphatic hydroxyl groups is 1. The molecule has 4 nitrogen and oxygen atoms in total. The monoisotopic (exact) mass is 232 g/mol. The second-order valence-corrected chi connectivity index (χ2v) is 3.03. The number of benzene rings is 1. The Bertz CT molecular complexity index is 368. The van der Waals surface area contributed by atoms with Gasteiger partial charge in [-0.3, -0.25) is 4.79 Å². The van der Waals surface area contributed by atoms with Crippen molar-refractivity contribution in [2.75, 3.05) is 0 Å². The number of hydrogen-bond acceptors (Lipinski definition) is 3. The molecule has 0 spiro atoms. The largest absolute Gasteiger partial charge is 0.481 e. The minimum absolute atomic E-state index is 0.0326. The van der Waals surface area contributed by atoms with Crippen LogP contribution in [0.25, 0.3) is 0 Å². The maximum Gasteiger partial charge on any atom is 0.387 e. The van der Waals surface area contributed by atoms with E-state index < -0.39 is 25.1 Å². The lowest BCUT2D eigenvalue weighted by Crippen LogP contribution is -2.09. The van der Waals surface area contributed by atoms with Crippen LogP contribution in [0.1, 0.15) is 18.1 Å². The third kappa shape index (κ3) is 3.47. The molecule has 2 N–H and O–H groups in total. The second kappa shape index (κ2) is 5.41. The molecule has 0 bridgehead atoms. The van der Waals surface area contributed by atoms with Crippen molar-refractivity contribution in [3.63, 3.8) is 0 Å². The lowest BCUT2D eigenvalue weighted by molar-refractivity contribution is -0.139. The summed E-state index contributed by atoms with van der Waals surface area (Å²) in [5.74, 6) is -1.44. The Hall–Kier alpha value is -1.69. The molecule has 6 heteroatoms. The molecule has 0 heterocycles. The van der Waals surface area contributed by atoms with E-state index >= 15 is 0 Å². The van der Waals surface area contributed by atoms with E-state index in [0.29, 0.717) is 0 Å². The number of halogens is 2. The quantitative estimate of drug-likeness (QED) is 0.812. The Morgan fingerprint density at radius 1 is 1.38 bits per heavy atom. The number of para-hydroxylation sites is 1. The summed E-state index contributed by atoms with van der Waals surface area (Å²) in [4.78, 5) is 10.4. The minimum Gasteiger partial charge on any atom is -0.481 e. The molecule has 16 heavy (non-hydrogen) atoms. The summed E-state index contributed by atoms with van der Waals surface area (Å²) >= 11 is 0. The predicted molar refractivity (Wildman–Crippen MR) is 50.3 cm³/mol. The van der Waals surface area contributed by atoms with Crippen molar-refractivity contribution >= 4 is 5.97 Å². The highest BCUT2D eigenvalue weighted by molar-refractivity contribution is 5.67. The van der Waals surface area contributed by atoms with Crippen molar-refractivity contribution in [3.05, 3.63) is 29.8 Å². The molecule has 1 aromatic carbocycles. The summed E-state index contributed by atoms with van der Waals surface area (Å²) in [7, 11) is 0. The summed E-state index contributed by atoms with van der Waals surface area (Å²) in [5.41, 5.74) is 0.0326. The molecule has 0 aliphatic carbocycles. The number of rotatable bonds is 5. The first-order chi connectivity index (χ1) is 7.50. The molecule has 0 radical (unpaired) electrons. The van der Waals surface area contributed by atoms with Crippen molar-refractivity contribution in [1.29, 1.82) is 0 Å². The van der Waals surface area contributed by atoms with Gasteiger partial charge in [-0.25, -0.2) is 0 Å². The van der Waals surface area contributed by atoms with Crippen LogP contribution in [0.3, 0.4) is 0 Å². The molecule has 0 aromatic heterocycles. The van der Waals surface area contributed by atoms with E-state index in [0.717, 1.165) is 0 Å². The first kappa shape index (κ1) is 12.4. The number of aliphatic carboxylic acids is 1. The Kier molecular flexibility index (Phi) is 4.19. The fourth-order valence-electron chi connectivity index (χ4n) is 1.23. The zero-order valence-electron chi connectivity index (χ0n) is 8.14. The predicted octanol–water partition coefficient (Wildman–Crippen LogP) is 1.80. The van der Waals surface area contributed by atoms with Gasteiger partial charge in [0.15, 0.2) is 0 Å². The van der Waals surface area contributed by atoms with Gasteiger partial charge in [-0.2, -0.15) is 8.78 Å². The Morgan fingerprint density at radius 2 is 2.00 bits per heavy atom. The van der Waals surface area contributed by atoms with Gasteiger partial charge < -0.3 is 14.9 Å². The average Bonchev–Trinajstić information content (AvgIpc) is 2.16. The van der Waals surface area contributed by atoms with Gasteiger partial charge in [0, 0.05) is 5.56 Å². The van der Waals surface area contributed by atoms with Gasteiger partial charge in [0.05, 0.1) is 12.5 Å². The van der Waals surface area contributed by atoms with Crippen LogP contribution in [0.4, 0.5) is 8.78 Å².